The number of urea groups is 1. The van der Waals surface area contributed by atoms with Gasteiger partial charge in [0.2, 0.25) is 6.79 Å². The fourth-order valence-electron chi connectivity index (χ4n) is 4.13. The van der Waals surface area contributed by atoms with Gasteiger partial charge in [-0.05, 0) is 50.9 Å². The Labute approximate surface area is 170 Å². The lowest BCUT2D eigenvalue weighted by atomic mass is 9.94. The average molecular weight is 401 g/mol. The van der Waals surface area contributed by atoms with Crippen LogP contribution in [0.25, 0.3) is 0 Å². The molecule has 1 aromatic carbocycles. The van der Waals surface area contributed by atoms with E-state index >= 15 is 0 Å². The first-order chi connectivity index (χ1) is 14.1. The highest BCUT2D eigenvalue weighted by Gasteiger charge is 2.35. The third-order valence-electron chi connectivity index (χ3n) is 5.68. The van der Waals surface area contributed by atoms with Gasteiger partial charge in [0.15, 0.2) is 11.5 Å². The highest BCUT2D eigenvalue weighted by Crippen LogP contribution is 2.37. The topological polar surface area (TPSA) is 89.1 Å². The van der Waals surface area contributed by atoms with Crippen molar-refractivity contribution in [3.05, 3.63) is 35.0 Å². The van der Waals surface area contributed by atoms with Crippen LogP contribution in [0.4, 0.5) is 4.79 Å². The lowest BCUT2D eigenvalue weighted by molar-refractivity contribution is -0.139. The Morgan fingerprint density at radius 1 is 1.28 bits per heavy atom. The number of piperidine rings is 1. The number of carbonyl (C=O) groups is 2. The molecule has 8 heteroatoms. The first kappa shape index (κ1) is 19.6. The number of ether oxygens (including phenoxy) is 3. The van der Waals surface area contributed by atoms with E-state index in [1.165, 1.54) is 6.42 Å². The number of hydrogen-bond donors (Lipinski definition) is 2. The van der Waals surface area contributed by atoms with Crippen LogP contribution >= 0.6 is 0 Å². The Bertz CT molecular complexity index is 838. The summed E-state index contributed by atoms with van der Waals surface area (Å²) in [6, 6.07) is 4.88. The summed E-state index contributed by atoms with van der Waals surface area (Å²) in [4.78, 5) is 27.7. The van der Waals surface area contributed by atoms with Crippen molar-refractivity contribution in [2.45, 2.75) is 45.2 Å². The smallest absolute Gasteiger partial charge is 0.338 e. The maximum Gasteiger partial charge on any atom is 0.338 e. The van der Waals surface area contributed by atoms with Gasteiger partial charge in [-0.15, -0.1) is 0 Å². The van der Waals surface area contributed by atoms with Crippen molar-refractivity contribution < 1.29 is 23.8 Å². The lowest BCUT2D eigenvalue weighted by Gasteiger charge is -2.36. The summed E-state index contributed by atoms with van der Waals surface area (Å²) in [6.07, 6.45) is 3.43. The highest BCUT2D eigenvalue weighted by atomic mass is 16.7. The molecule has 8 nitrogen and oxygen atoms in total. The van der Waals surface area contributed by atoms with E-state index in [9.17, 15) is 9.59 Å². The minimum absolute atomic E-state index is 0.163. The molecule has 0 unspecified atom stereocenters. The first-order valence-electron chi connectivity index (χ1n) is 10.2. The zero-order valence-corrected chi connectivity index (χ0v) is 16.8. The normalized spacial score (nSPS) is 24.1. The van der Waals surface area contributed by atoms with Crippen molar-refractivity contribution in [3.8, 4) is 11.5 Å². The van der Waals surface area contributed by atoms with Crippen LogP contribution in [0.5, 0.6) is 11.5 Å². The SMILES string of the molecule is CCOC(=O)C1=C(CN2CCCC[C@@H]2C)NC(=O)N[C@H]1c1ccc2c(c1)OCO2. The van der Waals surface area contributed by atoms with Crippen molar-refractivity contribution >= 4 is 12.0 Å². The molecule has 3 heterocycles. The van der Waals surface area contributed by atoms with Gasteiger partial charge < -0.3 is 24.8 Å². The van der Waals surface area contributed by atoms with E-state index in [4.69, 9.17) is 14.2 Å². The monoisotopic (exact) mass is 401 g/mol. The predicted molar refractivity (Wildman–Crippen MR) is 106 cm³/mol. The van der Waals surface area contributed by atoms with Gasteiger partial charge >= 0.3 is 12.0 Å². The number of benzene rings is 1. The molecule has 0 spiro atoms. The fourth-order valence-corrected chi connectivity index (χ4v) is 4.13. The summed E-state index contributed by atoms with van der Waals surface area (Å²) in [5.41, 5.74) is 1.78. The molecule has 1 aromatic rings. The summed E-state index contributed by atoms with van der Waals surface area (Å²) >= 11 is 0. The molecule has 156 valence electrons. The van der Waals surface area contributed by atoms with Gasteiger partial charge in [-0.2, -0.15) is 0 Å². The number of esters is 1. The minimum atomic E-state index is -0.618. The van der Waals surface area contributed by atoms with Crippen LogP contribution in [-0.4, -0.2) is 49.4 Å². The van der Waals surface area contributed by atoms with E-state index in [-0.39, 0.29) is 19.4 Å². The first-order valence-corrected chi connectivity index (χ1v) is 10.2. The molecule has 0 aromatic heterocycles. The summed E-state index contributed by atoms with van der Waals surface area (Å²) in [5, 5.41) is 5.72. The molecule has 1 saturated heterocycles. The molecule has 4 rings (SSSR count). The second-order valence-corrected chi connectivity index (χ2v) is 7.57. The zero-order chi connectivity index (χ0) is 20.4. The summed E-state index contributed by atoms with van der Waals surface area (Å²) in [7, 11) is 0. The number of nitrogens with zero attached hydrogens (tertiary/aromatic N) is 1. The van der Waals surface area contributed by atoms with Crippen molar-refractivity contribution in [2.75, 3.05) is 26.5 Å². The van der Waals surface area contributed by atoms with E-state index in [2.05, 4.69) is 22.5 Å². The molecule has 0 aliphatic carbocycles. The number of rotatable bonds is 5. The van der Waals surface area contributed by atoms with Crippen molar-refractivity contribution in [3.63, 3.8) is 0 Å². The van der Waals surface area contributed by atoms with Gasteiger partial charge in [-0.25, -0.2) is 9.59 Å². The molecule has 0 saturated carbocycles. The molecule has 0 radical (unpaired) electrons. The predicted octanol–water partition coefficient (Wildman–Crippen LogP) is 2.46. The maximum atomic E-state index is 12.9. The largest absolute Gasteiger partial charge is 0.463 e. The van der Waals surface area contributed by atoms with E-state index in [0.29, 0.717) is 35.4 Å². The van der Waals surface area contributed by atoms with Gasteiger partial charge in [0, 0.05) is 18.3 Å². The Kier molecular flexibility index (Phi) is 5.62. The molecule has 0 bridgehead atoms. The van der Waals surface area contributed by atoms with E-state index < -0.39 is 12.0 Å². The number of likely N-dealkylation sites (tertiary alicyclic amines) is 1. The van der Waals surface area contributed by atoms with Crippen LogP contribution in [0.15, 0.2) is 29.5 Å². The van der Waals surface area contributed by atoms with E-state index in [0.717, 1.165) is 24.9 Å². The molecule has 2 N–H and O–H groups in total. The van der Waals surface area contributed by atoms with Crippen LogP contribution in [0.3, 0.4) is 0 Å². The molecule has 3 aliphatic rings. The van der Waals surface area contributed by atoms with Crippen LogP contribution < -0.4 is 20.1 Å². The standard InChI is InChI=1S/C21H27N3O5/c1-3-27-20(25)18-15(11-24-9-5-4-6-13(24)2)22-21(26)23-19(18)14-7-8-16-17(10-14)29-12-28-16/h7-8,10,13,19H,3-6,9,11-12H2,1-2H3,(H2,22,23,26)/t13-,19-/m0/s1. The molecule has 3 aliphatic heterocycles. The minimum Gasteiger partial charge on any atom is -0.463 e. The van der Waals surface area contributed by atoms with Crippen molar-refractivity contribution in [1.29, 1.82) is 0 Å². The summed E-state index contributed by atoms with van der Waals surface area (Å²) in [5.74, 6) is 0.824. The van der Waals surface area contributed by atoms with Crippen molar-refractivity contribution in [1.82, 2.24) is 15.5 Å². The number of fused-ring (bicyclic) bond motifs is 1. The van der Waals surface area contributed by atoms with E-state index in [1.807, 2.05) is 6.07 Å². The Morgan fingerprint density at radius 3 is 2.90 bits per heavy atom. The second-order valence-electron chi connectivity index (χ2n) is 7.57. The molecule has 1 fully saturated rings. The van der Waals surface area contributed by atoms with Gasteiger partial charge in [0.25, 0.3) is 0 Å². The van der Waals surface area contributed by atoms with Crippen LogP contribution in [0.1, 0.15) is 44.7 Å². The molecular weight excluding hydrogens is 374 g/mol. The van der Waals surface area contributed by atoms with Crippen LogP contribution in [0, 0.1) is 0 Å². The third kappa shape index (κ3) is 4.03. The highest BCUT2D eigenvalue weighted by molar-refractivity contribution is 5.95. The van der Waals surface area contributed by atoms with Gasteiger partial charge in [-0.1, -0.05) is 12.5 Å². The number of amides is 2. The average Bonchev–Trinajstić information content (AvgIpc) is 3.17. The number of nitrogens with one attached hydrogen (secondary N) is 2. The van der Waals surface area contributed by atoms with Crippen LogP contribution in [0.2, 0.25) is 0 Å². The summed E-state index contributed by atoms with van der Waals surface area (Å²) < 4.78 is 16.2. The Morgan fingerprint density at radius 2 is 2.10 bits per heavy atom. The maximum absolute atomic E-state index is 12.9. The van der Waals surface area contributed by atoms with Gasteiger partial charge in [0.1, 0.15) is 0 Å². The molecule has 29 heavy (non-hydrogen) atoms. The van der Waals surface area contributed by atoms with Gasteiger partial charge in [-0.3, -0.25) is 4.90 Å². The number of hydrogen-bond acceptors (Lipinski definition) is 6. The fraction of sp³-hybridized carbons (Fsp3) is 0.524. The molecular formula is C21H27N3O5. The Balaban J connectivity index is 1.71. The van der Waals surface area contributed by atoms with Crippen molar-refractivity contribution in [2.24, 2.45) is 0 Å². The molecule has 2 atom stereocenters. The number of carbonyl (C=O) groups excluding carboxylic acids is 2. The Hall–Kier alpha value is -2.74. The van der Waals surface area contributed by atoms with Crippen LogP contribution in [-0.2, 0) is 9.53 Å². The molecule has 2 amide bonds. The zero-order valence-electron chi connectivity index (χ0n) is 16.8. The second kappa shape index (κ2) is 8.32. The van der Waals surface area contributed by atoms with E-state index in [1.54, 1.807) is 19.1 Å². The lowest BCUT2D eigenvalue weighted by Crippen LogP contribution is -2.50. The quantitative estimate of drug-likeness (QED) is 0.737. The summed E-state index contributed by atoms with van der Waals surface area (Å²) in [6.45, 7) is 5.83. The third-order valence-corrected chi connectivity index (χ3v) is 5.68. The van der Waals surface area contributed by atoms with Gasteiger partial charge in [0.05, 0.1) is 18.2 Å².